The molecule has 1 aliphatic rings. The van der Waals surface area contributed by atoms with Gasteiger partial charge in [-0.3, -0.25) is 9.78 Å². The van der Waals surface area contributed by atoms with Crippen LogP contribution in [0.25, 0.3) is 0 Å². The number of aromatic nitrogens is 1. The molecule has 1 fully saturated rings. The number of urea groups is 1. The Morgan fingerprint density at radius 2 is 1.71 bits per heavy atom. The molecule has 2 heterocycles. The number of hydrogen-bond acceptors (Lipinski definition) is 6. The van der Waals surface area contributed by atoms with E-state index in [0.29, 0.717) is 11.3 Å². The third-order valence-corrected chi connectivity index (χ3v) is 5.22. The van der Waals surface area contributed by atoms with E-state index < -0.39 is 35.6 Å². The Balaban J connectivity index is 1.54. The second-order valence-electron chi connectivity index (χ2n) is 7.86. The van der Waals surface area contributed by atoms with E-state index >= 15 is 0 Å². The van der Waals surface area contributed by atoms with Gasteiger partial charge in [0.05, 0.1) is 11.3 Å². The molecule has 35 heavy (non-hydrogen) atoms. The molecule has 1 aromatic heterocycles. The molecule has 4 rings (SSSR count). The smallest absolute Gasteiger partial charge is 0.423 e. The molecule has 0 spiro atoms. The van der Waals surface area contributed by atoms with Crippen LogP contribution in [0.3, 0.4) is 0 Å². The number of nitrogens with one attached hydrogen (secondary N) is 1. The topological polar surface area (TPSA) is 97.8 Å². The van der Waals surface area contributed by atoms with Gasteiger partial charge in [-0.05, 0) is 55.0 Å². The van der Waals surface area contributed by atoms with Crippen molar-refractivity contribution in [3.8, 4) is 11.5 Å². The SMILES string of the molecule is CC1(Cc2ccncc2C(=O)Oc2ccccc2)NC(=O)N(c2ccc(OC(F)(F)F)cc2)C1=O. The van der Waals surface area contributed by atoms with Gasteiger partial charge in [0.15, 0.2) is 0 Å². The first kappa shape index (κ1) is 23.7. The maximum absolute atomic E-state index is 13.2. The number of rotatable bonds is 6. The maximum Gasteiger partial charge on any atom is 0.573 e. The summed E-state index contributed by atoms with van der Waals surface area (Å²) in [4.78, 5) is 43.4. The quantitative estimate of drug-likeness (QED) is 0.318. The summed E-state index contributed by atoms with van der Waals surface area (Å²) in [6.07, 6.45) is -2.19. The molecule has 11 heteroatoms. The number of carbonyl (C=O) groups is 3. The first-order valence-electron chi connectivity index (χ1n) is 10.3. The average Bonchev–Trinajstić information content (AvgIpc) is 3.02. The van der Waals surface area contributed by atoms with Crippen LogP contribution in [0.2, 0.25) is 0 Å². The Bertz CT molecular complexity index is 1270. The summed E-state index contributed by atoms with van der Waals surface area (Å²) in [7, 11) is 0. The van der Waals surface area contributed by atoms with Crippen LogP contribution in [0.15, 0.2) is 73.1 Å². The number of para-hydroxylation sites is 1. The molecule has 180 valence electrons. The van der Waals surface area contributed by atoms with Crippen molar-refractivity contribution in [2.24, 2.45) is 0 Å². The van der Waals surface area contributed by atoms with Gasteiger partial charge in [-0.1, -0.05) is 18.2 Å². The number of hydrogen-bond donors (Lipinski definition) is 1. The van der Waals surface area contributed by atoms with Crippen LogP contribution in [0.5, 0.6) is 11.5 Å². The number of amides is 3. The van der Waals surface area contributed by atoms with E-state index in [2.05, 4.69) is 15.0 Å². The number of pyridine rings is 1. The van der Waals surface area contributed by atoms with Gasteiger partial charge in [0.2, 0.25) is 0 Å². The molecule has 1 unspecified atom stereocenters. The van der Waals surface area contributed by atoms with Gasteiger partial charge in [-0.15, -0.1) is 13.2 Å². The fourth-order valence-corrected chi connectivity index (χ4v) is 3.63. The van der Waals surface area contributed by atoms with Crippen LogP contribution < -0.4 is 19.7 Å². The van der Waals surface area contributed by atoms with Crippen LogP contribution in [-0.2, 0) is 11.2 Å². The minimum atomic E-state index is -4.87. The lowest BCUT2D eigenvalue weighted by molar-refractivity contribution is -0.274. The van der Waals surface area contributed by atoms with Gasteiger partial charge in [0, 0.05) is 18.8 Å². The molecule has 2 aromatic carbocycles. The number of esters is 1. The molecular formula is C24H18F3N3O5. The van der Waals surface area contributed by atoms with Crippen molar-refractivity contribution < 1.29 is 37.0 Å². The van der Waals surface area contributed by atoms with Crippen molar-refractivity contribution in [3.63, 3.8) is 0 Å². The lowest BCUT2D eigenvalue weighted by atomic mass is 9.91. The summed E-state index contributed by atoms with van der Waals surface area (Å²) in [6, 6.07) is 13.5. The minimum Gasteiger partial charge on any atom is -0.423 e. The zero-order chi connectivity index (χ0) is 25.2. The molecule has 0 radical (unpaired) electrons. The number of benzene rings is 2. The summed E-state index contributed by atoms with van der Waals surface area (Å²) in [5.41, 5.74) is -0.856. The summed E-state index contributed by atoms with van der Waals surface area (Å²) >= 11 is 0. The Morgan fingerprint density at radius 1 is 1.03 bits per heavy atom. The largest absolute Gasteiger partial charge is 0.573 e. The molecule has 3 amide bonds. The number of alkyl halides is 3. The lowest BCUT2D eigenvalue weighted by Crippen LogP contribution is -2.46. The number of halogens is 3. The molecule has 1 saturated heterocycles. The van der Waals surface area contributed by atoms with Gasteiger partial charge < -0.3 is 14.8 Å². The summed E-state index contributed by atoms with van der Waals surface area (Å²) in [5.74, 6) is -1.50. The van der Waals surface area contributed by atoms with Gasteiger partial charge in [0.1, 0.15) is 17.0 Å². The average molecular weight is 485 g/mol. The highest BCUT2D eigenvalue weighted by Gasteiger charge is 2.49. The van der Waals surface area contributed by atoms with E-state index in [1.807, 2.05) is 0 Å². The van der Waals surface area contributed by atoms with E-state index in [1.165, 1.54) is 37.5 Å². The number of imide groups is 1. The number of nitrogens with zero attached hydrogens (tertiary/aromatic N) is 2. The second kappa shape index (κ2) is 9.09. The highest BCUT2D eigenvalue weighted by Crippen LogP contribution is 2.31. The summed E-state index contributed by atoms with van der Waals surface area (Å²) in [6.45, 7) is 1.49. The summed E-state index contributed by atoms with van der Waals surface area (Å²) in [5, 5.41) is 2.60. The molecule has 1 aliphatic heterocycles. The first-order valence-corrected chi connectivity index (χ1v) is 10.3. The Morgan fingerprint density at radius 3 is 2.37 bits per heavy atom. The predicted octanol–water partition coefficient (Wildman–Crippen LogP) is 4.26. The predicted molar refractivity (Wildman–Crippen MR) is 117 cm³/mol. The number of anilines is 1. The van der Waals surface area contributed by atoms with E-state index in [1.54, 1.807) is 30.3 Å². The first-order chi connectivity index (χ1) is 16.6. The molecule has 0 bridgehead atoms. The van der Waals surface area contributed by atoms with Crippen LogP contribution in [0, 0.1) is 0 Å². The van der Waals surface area contributed by atoms with Crippen molar-refractivity contribution in [2.75, 3.05) is 4.90 Å². The molecular weight excluding hydrogens is 467 g/mol. The molecule has 0 aliphatic carbocycles. The normalized spacial score (nSPS) is 17.8. The zero-order valence-corrected chi connectivity index (χ0v) is 18.2. The van der Waals surface area contributed by atoms with Crippen molar-refractivity contribution >= 4 is 23.6 Å². The Labute approximate surface area is 197 Å². The van der Waals surface area contributed by atoms with Crippen LogP contribution >= 0.6 is 0 Å². The van der Waals surface area contributed by atoms with Crippen molar-refractivity contribution in [3.05, 3.63) is 84.2 Å². The standard InChI is InChI=1S/C24H18F3N3O5/c1-23(13-15-11-12-28-14-19(15)20(31)34-17-5-3-2-4-6-17)21(32)30(22(33)29-23)16-7-9-18(10-8-16)35-24(25,26)27/h2-12,14H,13H2,1H3,(H,29,33). The molecule has 0 saturated carbocycles. The third kappa shape index (κ3) is 5.24. The fraction of sp³-hybridized carbons (Fsp3) is 0.167. The van der Waals surface area contributed by atoms with Crippen molar-refractivity contribution in [1.29, 1.82) is 0 Å². The summed E-state index contributed by atoms with van der Waals surface area (Å²) < 4.78 is 46.4. The van der Waals surface area contributed by atoms with Crippen molar-refractivity contribution in [2.45, 2.75) is 25.2 Å². The third-order valence-electron chi connectivity index (χ3n) is 5.22. The Hall–Kier alpha value is -4.41. The lowest BCUT2D eigenvalue weighted by Gasteiger charge is -2.23. The number of carbonyl (C=O) groups excluding carboxylic acids is 3. The number of ether oxygens (including phenoxy) is 2. The van der Waals surface area contributed by atoms with Gasteiger partial charge in [0.25, 0.3) is 5.91 Å². The van der Waals surface area contributed by atoms with E-state index in [9.17, 15) is 27.6 Å². The van der Waals surface area contributed by atoms with Crippen LogP contribution in [0.4, 0.5) is 23.7 Å². The monoisotopic (exact) mass is 485 g/mol. The fourth-order valence-electron chi connectivity index (χ4n) is 3.63. The van der Waals surface area contributed by atoms with Gasteiger partial charge in [-0.25, -0.2) is 14.5 Å². The van der Waals surface area contributed by atoms with Crippen LogP contribution in [-0.4, -0.2) is 34.8 Å². The molecule has 1 N–H and O–H groups in total. The van der Waals surface area contributed by atoms with Gasteiger partial charge >= 0.3 is 18.4 Å². The second-order valence-corrected chi connectivity index (χ2v) is 7.86. The van der Waals surface area contributed by atoms with E-state index in [-0.39, 0.29) is 17.7 Å². The molecule has 8 nitrogen and oxygen atoms in total. The minimum absolute atomic E-state index is 0.0594. The van der Waals surface area contributed by atoms with Gasteiger partial charge in [-0.2, -0.15) is 0 Å². The zero-order valence-electron chi connectivity index (χ0n) is 18.2. The van der Waals surface area contributed by atoms with E-state index in [4.69, 9.17) is 4.74 Å². The highest BCUT2D eigenvalue weighted by molar-refractivity contribution is 6.23. The Kier molecular flexibility index (Phi) is 6.16. The molecule has 1 atom stereocenters. The van der Waals surface area contributed by atoms with Crippen molar-refractivity contribution in [1.82, 2.24) is 10.3 Å². The van der Waals surface area contributed by atoms with E-state index in [0.717, 1.165) is 17.0 Å². The highest BCUT2D eigenvalue weighted by atomic mass is 19.4. The van der Waals surface area contributed by atoms with Crippen LogP contribution in [0.1, 0.15) is 22.8 Å². The maximum atomic E-state index is 13.2. The molecule has 3 aromatic rings.